The predicted molar refractivity (Wildman–Crippen MR) is 93.5 cm³/mol. The zero-order valence-electron chi connectivity index (χ0n) is 13.9. The molecular weight excluding hydrogens is 300 g/mol. The number of hydrogen-bond acceptors (Lipinski definition) is 5. The molecule has 1 unspecified atom stereocenters. The van der Waals surface area contributed by atoms with Crippen molar-refractivity contribution >= 4 is 23.1 Å². The average Bonchev–Trinajstić information content (AvgIpc) is 2.80. The largest absolute Gasteiger partial charge is 0.383 e. The summed E-state index contributed by atoms with van der Waals surface area (Å²) in [6.45, 7) is 10.8. The van der Waals surface area contributed by atoms with Gasteiger partial charge in [-0.05, 0) is 30.9 Å². The second-order valence-electron chi connectivity index (χ2n) is 6.71. The lowest BCUT2D eigenvalue weighted by Crippen LogP contribution is -2.51. The molecule has 120 valence electrons. The highest BCUT2D eigenvalue weighted by atomic mass is 32.2. The Balaban J connectivity index is 2.30. The van der Waals surface area contributed by atoms with Crippen LogP contribution in [0.5, 0.6) is 0 Å². The van der Waals surface area contributed by atoms with Gasteiger partial charge in [0.15, 0.2) is 0 Å². The zero-order valence-corrected chi connectivity index (χ0v) is 15.5. The van der Waals surface area contributed by atoms with Crippen LogP contribution in [0.4, 0.5) is 0 Å². The fraction of sp³-hybridized carbons (Fsp3) is 0.812. The summed E-state index contributed by atoms with van der Waals surface area (Å²) in [5.74, 6) is 2.34. The van der Waals surface area contributed by atoms with E-state index in [1.54, 1.807) is 7.11 Å². The van der Waals surface area contributed by atoms with Gasteiger partial charge in [0, 0.05) is 24.3 Å². The first-order chi connectivity index (χ1) is 9.92. The van der Waals surface area contributed by atoms with E-state index in [0.29, 0.717) is 5.41 Å². The number of aromatic nitrogens is 1. The number of nitrogens with one attached hydrogen (secondary N) is 1. The molecule has 3 nitrogen and oxygen atoms in total. The standard InChI is InChI=1S/C16H28N2OS2/c1-6-13-12(2)21-14(18-13)16(17-7-8-19-5)9-15(3,4)10-20-11-16/h17H,6-11H2,1-5H3. The van der Waals surface area contributed by atoms with Crippen LogP contribution in [0, 0.1) is 12.3 Å². The maximum atomic E-state index is 5.23. The summed E-state index contributed by atoms with van der Waals surface area (Å²) in [6, 6.07) is 0. The Bertz CT molecular complexity index is 473. The Labute approximate surface area is 137 Å². The third-order valence-electron chi connectivity index (χ3n) is 4.03. The van der Waals surface area contributed by atoms with Crippen molar-refractivity contribution in [3.63, 3.8) is 0 Å². The van der Waals surface area contributed by atoms with Crippen molar-refractivity contribution in [2.24, 2.45) is 5.41 Å². The molecule has 21 heavy (non-hydrogen) atoms. The molecule has 1 N–H and O–H groups in total. The van der Waals surface area contributed by atoms with Gasteiger partial charge in [-0.3, -0.25) is 0 Å². The lowest BCUT2D eigenvalue weighted by molar-refractivity contribution is 0.168. The van der Waals surface area contributed by atoms with Gasteiger partial charge in [-0.1, -0.05) is 20.8 Å². The minimum Gasteiger partial charge on any atom is -0.383 e. The third-order valence-corrected chi connectivity index (χ3v) is 6.93. The van der Waals surface area contributed by atoms with Crippen molar-refractivity contribution in [1.82, 2.24) is 10.3 Å². The monoisotopic (exact) mass is 328 g/mol. The first-order valence-corrected chi connectivity index (χ1v) is 9.68. The summed E-state index contributed by atoms with van der Waals surface area (Å²) in [7, 11) is 1.76. The van der Waals surface area contributed by atoms with Crippen LogP contribution >= 0.6 is 23.1 Å². The number of hydrogen-bond donors (Lipinski definition) is 1. The van der Waals surface area contributed by atoms with E-state index in [0.717, 1.165) is 31.7 Å². The predicted octanol–water partition coefficient (Wildman–Crippen LogP) is 3.61. The zero-order chi connectivity index (χ0) is 15.5. The summed E-state index contributed by atoms with van der Waals surface area (Å²) in [5, 5.41) is 5.05. The van der Waals surface area contributed by atoms with Gasteiger partial charge in [-0.25, -0.2) is 4.98 Å². The number of thiazole rings is 1. The molecule has 0 saturated carbocycles. The Kier molecular flexibility index (Phi) is 5.74. The van der Waals surface area contributed by atoms with Crippen LogP contribution in [0.25, 0.3) is 0 Å². The van der Waals surface area contributed by atoms with Gasteiger partial charge in [0.25, 0.3) is 0 Å². The van der Waals surface area contributed by atoms with Gasteiger partial charge >= 0.3 is 0 Å². The lowest BCUT2D eigenvalue weighted by atomic mass is 9.80. The molecule has 0 aromatic carbocycles. The van der Waals surface area contributed by atoms with Gasteiger partial charge in [0.1, 0.15) is 5.01 Å². The van der Waals surface area contributed by atoms with Crippen LogP contribution in [0.1, 0.15) is 42.8 Å². The molecule has 0 radical (unpaired) electrons. The van der Waals surface area contributed by atoms with Crippen molar-refractivity contribution in [2.75, 3.05) is 31.8 Å². The SMILES string of the molecule is CCc1nc(C2(NCCOC)CSCC(C)(C)C2)sc1C. The van der Waals surface area contributed by atoms with Gasteiger partial charge in [-0.15, -0.1) is 11.3 Å². The molecule has 1 fully saturated rings. The highest BCUT2D eigenvalue weighted by molar-refractivity contribution is 7.99. The van der Waals surface area contributed by atoms with Crippen molar-refractivity contribution in [1.29, 1.82) is 0 Å². The second-order valence-corrected chi connectivity index (χ2v) is 8.90. The van der Waals surface area contributed by atoms with E-state index in [2.05, 4.69) is 33.0 Å². The maximum absolute atomic E-state index is 5.23. The Morgan fingerprint density at radius 1 is 1.33 bits per heavy atom. The first-order valence-electron chi connectivity index (χ1n) is 7.71. The Hall–Kier alpha value is -0.100. The van der Waals surface area contributed by atoms with Gasteiger partial charge in [0.05, 0.1) is 17.8 Å². The third kappa shape index (κ3) is 4.01. The highest BCUT2D eigenvalue weighted by Gasteiger charge is 2.43. The van der Waals surface area contributed by atoms with E-state index in [9.17, 15) is 0 Å². The Morgan fingerprint density at radius 3 is 2.67 bits per heavy atom. The van der Waals surface area contributed by atoms with E-state index in [4.69, 9.17) is 9.72 Å². The summed E-state index contributed by atoms with van der Waals surface area (Å²) < 4.78 is 5.23. The van der Waals surface area contributed by atoms with E-state index in [1.807, 2.05) is 23.1 Å². The maximum Gasteiger partial charge on any atom is 0.114 e. The fourth-order valence-electron chi connectivity index (χ4n) is 3.10. The molecule has 0 bridgehead atoms. The van der Waals surface area contributed by atoms with Crippen molar-refractivity contribution in [3.05, 3.63) is 15.6 Å². The number of rotatable bonds is 6. The molecule has 1 aromatic rings. The van der Waals surface area contributed by atoms with Crippen molar-refractivity contribution in [3.8, 4) is 0 Å². The smallest absolute Gasteiger partial charge is 0.114 e. The highest BCUT2D eigenvalue weighted by Crippen LogP contribution is 2.45. The van der Waals surface area contributed by atoms with Crippen LogP contribution < -0.4 is 5.32 Å². The molecule has 2 heterocycles. The average molecular weight is 329 g/mol. The van der Waals surface area contributed by atoms with Crippen LogP contribution in [-0.2, 0) is 16.7 Å². The Morgan fingerprint density at radius 2 is 2.10 bits per heavy atom. The van der Waals surface area contributed by atoms with E-state index >= 15 is 0 Å². The molecule has 1 atom stereocenters. The molecule has 1 aromatic heterocycles. The van der Waals surface area contributed by atoms with Crippen LogP contribution in [0.15, 0.2) is 0 Å². The van der Waals surface area contributed by atoms with Crippen molar-refractivity contribution in [2.45, 2.75) is 46.1 Å². The summed E-state index contributed by atoms with van der Waals surface area (Å²) in [5.41, 5.74) is 1.61. The van der Waals surface area contributed by atoms with Crippen LogP contribution in [0.3, 0.4) is 0 Å². The fourth-order valence-corrected chi connectivity index (χ4v) is 5.80. The van der Waals surface area contributed by atoms with Gasteiger partial charge < -0.3 is 10.1 Å². The molecule has 1 saturated heterocycles. The quantitative estimate of drug-likeness (QED) is 0.809. The molecule has 2 rings (SSSR count). The van der Waals surface area contributed by atoms with E-state index < -0.39 is 0 Å². The van der Waals surface area contributed by atoms with E-state index in [1.165, 1.54) is 21.3 Å². The molecule has 1 aliphatic rings. The molecule has 0 spiro atoms. The number of ether oxygens (including phenoxy) is 1. The lowest BCUT2D eigenvalue weighted by Gasteiger charge is -2.44. The normalized spacial score (nSPS) is 25.2. The summed E-state index contributed by atoms with van der Waals surface area (Å²) >= 11 is 3.92. The topological polar surface area (TPSA) is 34.2 Å². The number of nitrogens with zero attached hydrogens (tertiary/aromatic N) is 1. The molecule has 0 aliphatic carbocycles. The molecule has 0 amide bonds. The van der Waals surface area contributed by atoms with Crippen molar-refractivity contribution < 1.29 is 4.74 Å². The van der Waals surface area contributed by atoms with Gasteiger partial charge in [0.2, 0.25) is 0 Å². The van der Waals surface area contributed by atoms with Gasteiger partial charge in [-0.2, -0.15) is 11.8 Å². The number of aryl methyl sites for hydroxylation is 2. The molecular formula is C16H28N2OS2. The molecule has 5 heteroatoms. The minimum atomic E-state index is 0.00773. The van der Waals surface area contributed by atoms with E-state index in [-0.39, 0.29) is 5.54 Å². The number of thioether (sulfide) groups is 1. The van der Waals surface area contributed by atoms with Crippen LogP contribution in [-0.4, -0.2) is 36.8 Å². The number of methoxy groups -OCH3 is 1. The van der Waals surface area contributed by atoms with Crippen LogP contribution in [0.2, 0.25) is 0 Å². The minimum absolute atomic E-state index is 0.00773. The summed E-state index contributed by atoms with van der Waals surface area (Å²) in [4.78, 5) is 6.34. The molecule has 1 aliphatic heterocycles. The second kappa shape index (κ2) is 6.99. The summed E-state index contributed by atoms with van der Waals surface area (Å²) in [6.07, 6.45) is 2.17. The first kappa shape index (κ1) is 17.3.